The first-order valence-electron chi connectivity index (χ1n) is 18.0. The summed E-state index contributed by atoms with van der Waals surface area (Å²) in [6.07, 6.45) is 7.89. The molecule has 0 aliphatic heterocycles. The van der Waals surface area contributed by atoms with E-state index in [4.69, 9.17) is 4.98 Å². The number of nitrogens with zero attached hydrogens (tertiary/aromatic N) is 3. The van der Waals surface area contributed by atoms with E-state index in [1.165, 1.54) is 83.5 Å². The molecule has 0 radical (unpaired) electrons. The van der Waals surface area contributed by atoms with Gasteiger partial charge in [-0.25, -0.2) is 4.98 Å². The molecule has 0 spiro atoms. The highest BCUT2D eigenvalue weighted by Gasteiger charge is 2.38. The van der Waals surface area contributed by atoms with Crippen LogP contribution in [0.2, 0.25) is 0 Å². The molecule has 0 N–H and O–H groups in total. The van der Waals surface area contributed by atoms with Gasteiger partial charge in [0.15, 0.2) is 0 Å². The Morgan fingerprint density at radius 3 is 1.43 bits per heavy atom. The van der Waals surface area contributed by atoms with Gasteiger partial charge in [0, 0.05) is 63.3 Å². The Labute approximate surface area is 300 Å². The SMILES string of the molecule is CC1(C)c2ccncc2-c2cc(-c3cc(-c4ccc5c(c4)-c4cnccc4C5(C)C)cc(-c4ccc5c(n4)-c4ccccc4C5(C)C)c3)ccc21. The molecule has 10 rings (SSSR count). The predicted molar refractivity (Wildman–Crippen MR) is 209 cm³/mol. The lowest BCUT2D eigenvalue weighted by molar-refractivity contribution is 0.659. The van der Waals surface area contributed by atoms with Crippen LogP contribution in [0.5, 0.6) is 0 Å². The molecule has 0 saturated heterocycles. The number of hydrogen-bond donors (Lipinski definition) is 0. The van der Waals surface area contributed by atoms with E-state index in [-0.39, 0.29) is 16.2 Å². The average molecular weight is 658 g/mol. The van der Waals surface area contributed by atoms with Gasteiger partial charge in [0.05, 0.1) is 11.4 Å². The second kappa shape index (κ2) is 10.2. The van der Waals surface area contributed by atoms with Crippen molar-refractivity contribution >= 4 is 0 Å². The second-order valence-electron chi connectivity index (χ2n) is 16.2. The van der Waals surface area contributed by atoms with Gasteiger partial charge in [0.1, 0.15) is 0 Å². The van der Waals surface area contributed by atoms with E-state index in [1.807, 2.05) is 24.8 Å². The topological polar surface area (TPSA) is 38.7 Å². The minimum atomic E-state index is -0.0862. The molecule has 3 nitrogen and oxygen atoms in total. The molecule has 3 aromatic heterocycles. The van der Waals surface area contributed by atoms with Gasteiger partial charge in [-0.15, -0.1) is 0 Å². The largest absolute Gasteiger partial charge is 0.264 e. The maximum Gasteiger partial charge on any atom is 0.0753 e. The summed E-state index contributed by atoms with van der Waals surface area (Å²) in [7, 11) is 0. The Hall–Kier alpha value is -5.67. The molecule has 0 atom stereocenters. The molecule has 51 heavy (non-hydrogen) atoms. The normalized spacial score (nSPS) is 16.1. The summed E-state index contributed by atoms with van der Waals surface area (Å²) in [6, 6.07) is 38.6. The highest BCUT2D eigenvalue weighted by atomic mass is 14.7. The van der Waals surface area contributed by atoms with Crippen molar-refractivity contribution in [3.05, 3.63) is 161 Å². The second-order valence-corrected chi connectivity index (χ2v) is 16.2. The summed E-state index contributed by atoms with van der Waals surface area (Å²) in [5.41, 5.74) is 21.9. The lowest BCUT2D eigenvalue weighted by atomic mass is 9.82. The van der Waals surface area contributed by atoms with E-state index >= 15 is 0 Å². The monoisotopic (exact) mass is 657 g/mol. The number of fused-ring (bicyclic) bond motifs is 9. The van der Waals surface area contributed by atoms with Gasteiger partial charge in [-0.2, -0.15) is 0 Å². The van der Waals surface area contributed by atoms with Crippen molar-refractivity contribution in [3.8, 4) is 67.0 Å². The standard InChI is InChI=1S/C48H39N3/c1-46(2)39-13-11-28(24-34(39)36-26-49-19-17-41(36)46)30-21-31(29-12-14-40-35(25-29)37-27-50-20-18-42(37)47(40,3)4)23-32(22-30)44-16-15-43-45(51-44)33-9-7-8-10-38(33)48(43,5)6/h7-27H,1-6H3. The van der Waals surface area contributed by atoms with Gasteiger partial charge in [-0.3, -0.25) is 9.97 Å². The first-order chi connectivity index (χ1) is 24.5. The van der Waals surface area contributed by atoms with Crippen LogP contribution in [0.25, 0.3) is 67.0 Å². The first-order valence-corrected chi connectivity index (χ1v) is 18.0. The lowest BCUT2D eigenvalue weighted by Crippen LogP contribution is -2.14. The smallest absolute Gasteiger partial charge is 0.0753 e. The van der Waals surface area contributed by atoms with Crippen molar-refractivity contribution in [2.24, 2.45) is 0 Å². The fourth-order valence-corrected chi connectivity index (χ4v) is 9.40. The zero-order valence-electron chi connectivity index (χ0n) is 30.0. The van der Waals surface area contributed by atoms with Crippen LogP contribution in [0.1, 0.15) is 74.9 Å². The Bertz CT molecular complexity index is 2320. The highest BCUT2D eigenvalue weighted by Crippen LogP contribution is 2.52. The third kappa shape index (κ3) is 4.15. The Morgan fingerprint density at radius 2 is 0.843 bits per heavy atom. The zero-order chi connectivity index (χ0) is 34.9. The summed E-state index contributed by atoms with van der Waals surface area (Å²) in [6.45, 7) is 13.9. The van der Waals surface area contributed by atoms with E-state index in [9.17, 15) is 0 Å². The lowest BCUT2D eigenvalue weighted by Gasteiger charge is -2.22. The summed E-state index contributed by atoms with van der Waals surface area (Å²) < 4.78 is 0. The van der Waals surface area contributed by atoms with Gasteiger partial charge in [-0.1, -0.05) is 96.1 Å². The van der Waals surface area contributed by atoms with Crippen molar-refractivity contribution in [2.75, 3.05) is 0 Å². The fraction of sp³-hybridized carbons (Fsp3) is 0.188. The first kappa shape index (κ1) is 30.2. The van der Waals surface area contributed by atoms with Crippen LogP contribution >= 0.6 is 0 Å². The molecule has 3 aliphatic carbocycles. The third-order valence-electron chi connectivity index (χ3n) is 12.3. The van der Waals surface area contributed by atoms with E-state index in [0.717, 1.165) is 17.0 Å². The Kier molecular flexibility index (Phi) is 6.04. The van der Waals surface area contributed by atoms with E-state index in [2.05, 4.69) is 155 Å². The van der Waals surface area contributed by atoms with Crippen LogP contribution < -0.4 is 0 Å². The molecule has 0 bridgehead atoms. The number of rotatable bonds is 3. The minimum absolute atomic E-state index is 0.0686. The molecule has 3 heterocycles. The molecule has 4 aromatic carbocycles. The van der Waals surface area contributed by atoms with Gasteiger partial charge < -0.3 is 0 Å². The summed E-state index contributed by atoms with van der Waals surface area (Å²) in [5, 5.41) is 0. The van der Waals surface area contributed by atoms with Crippen LogP contribution in [0.15, 0.2) is 128 Å². The molecule has 3 aliphatic rings. The van der Waals surface area contributed by atoms with Gasteiger partial charge >= 0.3 is 0 Å². The van der Waals surface area contributed by atoms with Crippen LogP contribution in [0.4, 0.5) is 0 Å². The predicted octanol–water partition coefficient (Wildman–Crippen LogP) is 11.8. The molecular weight excluding hydrogens is 619 g/mol. The van der Waals surface area contributed by atoms with E-state index in [1.54, 1.807) is 0 Å². The fourth-order valence-electron chi connectivity index (χ4n) is 9.40. The molecule has 0 unspecified atom stereocenters. The van der Waals surface area contributed by atoms with Crippen LogP contribution in [0.3, 0.4) is 0 Å². The quantitative estimate of drug-likeness (QED) is 0.190. The molecule has 0 saturated carbocycles. The zero-order valence-corrected chi connectivity index (χ0v) is 30.0. The van der Waals surface area contributed by atoms with Crippen LogP contribution in [0, 0.1) is 0 Å². The van der Waals surface area contributed by atoms with Crippen molar-refractivity contribution in [1.82, 2.24) is 15.0 Å². The van der Waals surface area contributed by atoms with Gasteiger partial charge in [0.25, 0.3) is 0 Å². The molecule has 3 heteroatoms. The average Bonchev–Trinajstić information content (AvgIpc) is 3.64. The molecule has 0 amide bonds. The van der Waals surface area contributed by atoms with Crippen molar-refractivity contribution in [2.45, 2.75) is 57.8 Å². The highest BCUT2D eigenvalue weighted by molar-refractivity contribution is 5.89. The number of pyridine rings is 3. The summed E-state index contributed by atoms with van der Waals surface area (Å²) >= 11 is 0. The van der Waals surface area contributed by atoms with Crippen molar-refractivity contribution in [1.29, 1.82) is 0 Å². The maximum atomic E-state index is 5.43. The summed E-state index contributed by atoms with van der Waals surface area (Å²) in [5.74, 6) is 0. The van der Waals surface area contributed by atoms with Crippen molar-refractivity contribution < 1.29 is 0 Å². The van der Waals surface area contributed by atoms with Crippen LogP contribution in [-0.4, -0.2) is 15.0 Å². The van der Waals surface area contributed by atoms with Gasteiger partial charge in [-0.05, 0) is 115 Å². The van der Waals surface area contributed by atoms with Crippen molar-refractivity contribution in [3.63, 3.8) is 0 Å². The Morgan fingerprint density at radius 1 is 0.373 bits per heavy atom. The number of aromatic nitrogens is 3. The molecule has 246 valence electrons. The van der Waals surface area contributed by atoms with Crippen LogP contribution in [-0.2, 0) is 16.2 Å². The molecule has 0 fully saturated rings. The number of hydrogen-bond acceptors (Lipinski definition) is 3. The van der Waals surface area contributed by atoms with E-state index in [0.29, 0.717) is 0 Å². The number of benzene rings is 4. The Balaban J connectivity index is 1.18. The van der Waals surface area contributed by atoms with Gasteiger partial charge in [0.2, 0.25) is 0 Å². The third-order valence-corrected chi connectivity index (χ3v) is 12.3. The van der Waals surface area contributed by atoms with E-state index < -0.39 is 0 Å². The molecule has 7 aromatic rings. The molecular formula is C48H39N3. The maximum absolute atomic E-state index is 5.43. The minimum Gasteiger partial charge on any atom is -0.264 e. The summed E-state index contributed by atoms with van der Waals surface area (Å²) in [4.78, 5) is 14.5.